The largest absolute Gasteiger partial charge is 0.423 e. The van der Waals surface area contributed by atoms with E-state index in [1.807, 2.05) is 11.0 Å². The maximum atomic E-state index is 13.3. The molecule has 5 heteroatoms. The van der Waals surface area contributed by atoms with Crippen LogP contribution >= 0.6 is 11.6 Å². The van der Waals surface area contributed by atoms with Gasteiger partial charge in [0, 0.05) is 17.6 Å². The summed E-state index contributed by atoms with van der Waals surface area (Å²) in [5, 5.41) is 0.613. The third-order valence-electron chi connectivity index (χ3n) is 2.97. The lowest BCUT2D eigenvalue weighted by Crippen LogP contribution is -2.36. The Morgan fingerprint density at radius 1 is 1.47 bits per heavy atom. The van der Waals surface area contributed by atoms with E-state index in [0.717, 1.165) is 18.5 Å². The number of benzene rings is 1. The summed E-state index contributed by atoms with van der Waals surface area (Å²) in [6, 6.07) is 5.79. The van der Waals surface area contributed by atoms with E-state index in [4.69, 9.17) is 16.0 Å². The van der Waals surface area contributed by atoms with E-state index in [0.29, 0.717) is 29.6 Å². The van der Waals surface area contributed by atoms with Crippen LogP contribution in [0.25, 0.3) is 11.1 Å². The van der Waals surface area contributed by atoms with Crippen molar-refractivity contribution in [3.05, 3.63) is 23.2 Å². The van der Waals surface area contributed by atoms with Crippen LogP contribution < -0.4 is 4.90 Å². The number of anilines is 1. The third-order valence-corrected chi connectivity index (χ3v) is 3.21. The van der Waals surface area contributed by atoms with Crippen LogP contribution in [0.5, 0.6) is 0 Å². The Hall–Kier alpha value is -1.29. The van der Waals surface area contributed by atoms with Crippen molar-refractivity contribution in [3.8, 4) is 0 Å². The molecule has 1 aromatic heterocycles. The summed E-state index contributed by atoms with van der Waals surface area (Å²) in [5.74, 6) is 0. The van der Waals surface area contributed by atoms with Crippen molar-refractivity contribution in [1.82, 2.24) is 4.98 Å². The highest BCUT2D eigenvalue weighted by Gasteiger charge is 2.22. The lowest BCUT2D eigenvalue weighted by Gasteiger charge is -2.27. The first-order valence-electron chi connectivity index (χ1n) is 5.67. The molecule has 0 radical (unpaired) electrons. The number of oxazole rings is 1. The smallest absolute Gasteiger partial charge is 0.298 e. The van der Waals surface area contributed by atoms with Gasteiger partial charge >= 0.3 is 0 Å². The van der Waals surface area contributed by atoms with Crippen LogP contribution in [-0.4, -0.2) is 24.2 Å². The van der Waals surface area contributed by atoms with Gasteiger partial charge in [-0.3, -0.25) is 0 Å². The molecule has 0 amide bonds. The maximum absolute atomic E-state index is 13.3. The molecule has 0 spiro atoms. The minimum atomic E-state index is -0.789. The van der Waals surface area contributed by atoms with Crippen molar-refractivity contribution in [3.63, 3.8) is 0 Å². The summed E-state index contributed by atoms with van der Waals surface area (Å²) in [6.45, 7) is 1.15. The number of alkyl halides is 1. The van der Waals surface area contributed by atoms with E-state index in [1.54, 1.807) is 12.1 Å². The highest BCUT2D eigenvalue weighted by molar-refractivity contribution is 6.31. The second kappa shape index (κ2) is 4.18. The Morgan fingerprint density at radius 3 is 3.18 bits per heavy atom. The molecule has 3 nitrogen and oxygen atoms in total. The van der Waals surface area contributed by atoms with Crippen molar-refractivity contribution in [2.75, 3.05) is 18.0 Å². The zero-order chi connectivity index (χ0) is 11.8. The zero-order valence-electron chi connectivity index (χ0n) is 9.20. The molecule has 3 rings (SSSR count). The van der Waals surface area contributed by atoms with E-state index in [1.165, 1.54) is 0 Å². The third kappa shape index (κ3) is 2.09. The molecule has 0 aliphatic carbocycles. The standard InChI is InChI=1S/C12H12ClFN2O/c13-8-3-4-10-11(6-8)17-12(15-10)16-5-1-2-9(14)7-16/h3-4,6,9H,1-2,5,7H2/t9-/m1/s1. The molecule has 0 N–H and O–H groups in total. The van der Waals surface area contributed by atoms with Gasteiger partial charge in [0.2, 0.25) is 0 Å². The first-order chi connectivity index (χ1) is 8.22. The van der Waals surface area contributed by atoms with Gasteiger partial charge in [-0.15, -0.1) is 0 Å². The van der Waals surface area contributed by atoms with Crippen molar-refractivity contribution in [2.45, 2.75) is 19.0 Å². The number of nitrogens with zero attached hydrogens (tertiary/aromatic N) is 2. The number of hydrogen-bond donors (Lipinski definition) is 0. The zero-order valence-corrected chi connectivity index (χ0v) is 9.95. The predicted molar refractivity (Wildman–Crippen MR) is 65.4 cm³/mol. The van der Waals surface area contributed by atoms with Gasteiger partial charge in [-0.1, -0.05) is 11.6 Å². The molecule has 1 saturated heterocycles. The van der Waals surface area contributed by atoms with Crippen molar-refractivity contribution in [1.29, 1.82) is 0 Å². The average Bonchev–Trinajstić information content (AvgIpc) is 2.72. The first-order valence-corrected chi connectivity index (χ1v) is 6.05. The Balaban J connectivity index is 1.94. The summed E-state index contributed by atoms with van der Waals surface area (Å²) >= 11 is 5.88. The fraction of sp³-hybridized carbons (Fsp3) is 0.417. The molecule has 0 unspecified atom stereocenters. The number of piperidine rings is 1. The first kappa shape index (κ1) is 10.8. The number of aromatic nitrogens is 1. The van der Waals surface area contributed by atoms with E-state index in [-0.39, 0.29) is 0 Å². The van der Waals surface area contributed by atoms with Crippen LogP contribution in [0.1, 0.15) is 12.8 Å². The molecule has 90 valence electrons. The molecule has 17 heavy (non-hydrogen) atoms. The van der Waals surface area contributed by atoms with Crippen LogP contribution in [0, 0.1) is 0 Å². The molecule has 1 fully saturated rings. The Kier molecular flexibility index (Phi) is 2.67. The number of fused-ring (bicyclic) bond motifs is 1. The lowest BCUT2D eigenvalue weighted by molar-refractivity contribution is 0.281. The van der Waals surface area contributed by atoms with Crippen LogP contribution in [0.15, 0.2) is 22.6 Å². The molecule has 2 heterocycles. The molecule has 1 aromatic carbocycles. The molecular formula is C12H12ClFN2O. The minimum Gasteiger partial charge on any atom is -0.423 e. The minimum absolute atomic E-state index is 0.362. The fourth-order valence-electron chi connectivity index (χ4n) is 2.12. The predicted octanol–water partition coefficient (Wildman–Crippen LogP) is 3.42. The quantitative estimate of drug-likeness (QED) is 0.781. The van der Waals surface area contributed by atoms with Crippen molar-refractivity contribution in [2.24, 2.45) is 0 Å². The van der Waals surface area contributed by atoms with Gasteiger partial charge in [0.25, 0.3) is 6.01 Å². The SMILES string of the molecule is F[C@@H]1CCCN(c2nc3ccc(Cl)cc3o2)C1. The van der Waals surface area contributed by atoms with Gasteiger partial charge in [0.05, 0.1) is 6.54 Å². The molecule has 1 atom stereocenters. The van der Waals surface area contributed by atoms with Crippen molar-refractivity contribution < 1.29 is 8.81 Å². The van der Waals surface area contributed by atoms with Gasteiger partial charge < -0.3 is 9.32 Å². The summed E-state index contributed by atoms with van der Waals surface area (Å²) < 4.78 is 18.9. The number of halogens is 2. The summed E-state index contributed by atoms with van der Waals surface area (Å²) in [7, 11) is 0. The number of hydrogen-bond acceptors (Lipinski definition) is 3. The van der Waals surface area contributed by atoms with E-state index in [9.17, 15) is 4.39 Å². The van der Waals surface area contributed by atoms with Crippen LogP contribution in [0.2, 0.25) is 5.02 Å². The van der Waals surface area contributed by atoms with Gasteiger partial charge in [0.1, 0.15) is 11.7 Å². The van der Waals surface area contributed by atoms with Gasteiger partial charge in [-0.25, -0.2) is 4.39 Å². The Labute approximate surface area is 103 Å². The molecule has 2 aromatic rings. The summed E-state index contributed by atoms with van der Waals surface area (Å²) in [4.78, 5) is 6.20. The van der Waals surface area contributed by atoms with E-state index >= 15 is 0 Å². The molecular weight excluding hydrogens is 243 g/mol. The van der Waals surface area contributed by atoms with E-state index < -0.39 is 6.17 Å². The second-order valence-corrected chi connectivity index (χ2v) is 4.73. The van der Waals surface area contributed by atoms with Crippen LogP contribution in [0.3, 0.4) is 0 Å². The summed E-state index contributed by atoms with van der Waals surface area (Å²) in [6.07, 6.45) is 0.672. The average molecular weight is 255 g/mol. The van der Waals surface area contributed by atoms with E-state index in [2.05, 4.69) is 4.98 Å². The second-order valence-electron chi connectivity index (χ2n) is 4.29. The Morgan fingerprint density at radius 2 is 2.35 bits per heavy atom. The molecule has 0 bridgehead atoms. The van der Waals surface area contributed by atoms with Crippen LogP contribution in [-0.2, 0) is 0 Å². The highest BCUT2D eigenvalue weighted by Crippen LogP contribution is 2.26. The van der Waals surface area contributed by atoms with Gasteiger partial charge in [-0.05, 0) is 25.0 Å². The van der Waals surface area contributed by atoms with Gasteiger partial charge in [0.15, 0.2) is 5.58 Å². The lowest BCUT2D eigenvalue weighted by atomic mass is 10.1. The topological polar surface area (TPSA) is 29.3 Å². The molecule has 1 aliphatic rings. The van der Waals surface area contributed by atoms with Crippen molar-refractivity contribution >= 4 is 28.7 Å². The van der Waals surface area contributed by atoms with Gasteiger partial charge in [-0.2, -0.15) is 4.98 Å². The normalized spacial score (nSPS) is 21.1. The van der Waals surface area contributed by atoms with Crippen LogP contribution in [0.4, 0.5) is 10.4 Å². The maximum Gasteiger partial charge on any atom is 0.298 e. The highest BCUT2D eigenvalue weighted by atomic mass is 35.5. The molecule has 1 aliphatic heterocycles. The number of rotatable bonds is 1. The fourth-order valence-corrected chi connectivity index (χ4v) is 2.28. The summed E-state index contributed by atoms with van der Waals surface area (Å²) in [5.41, 5.74) is 1.40. The Bertz CT molecular complexity index is 542. The molecule has 0 saturated carbocycles. The monoisotopic (exact) mass is 254 g/mol.